The maximum absolute atomic E-state index is 12.6. The van der Waals surface area contributed by atoms with E-state index in [4.69, 9.17) is 21.4 Å². The minimum Gasteiger partial charge on any atom is -0.481 e. The van der Waals surface area contributed by atoms with Gasteiger partial charge in [0.2, 0.25) is 29.5 Å². The number of hydroxylamine groups is 1. The number of aliphatic carboxylic acids is 1. The Bertz CT molecular complexity index is 952. The van der Waals surface area contributed by atoms with E-state index in [1.165, 1.54) is 13.8 Å². The summed E-state index contributed by atoms with van der Waals surface area (Å²) in [6, 6.07) is -5.13. The molecule has 212 valence electrons. The summed E-state index contributed by atoms with van der Waals surface area (Å²) < 4.78 is 0. The van der Waals surface area contributed by atoms with E-state index in [-0.39, 0.29) is 25.3 Å². The first-order valence-electron chi connectivity index (χ1n) is 11.5. The molecular weight excluding hydrogens is 510 g/mol. The third-order valence-corrected chi connectivity index (χ3v) is 4.93. The lowest BCUT2D eigenvalue weighted by Gasteiger charge is -2.21. The van der Waals surface area contributed by atoms with Gasteiger partial charge in [-0.2, -0.15) is 0 Å². The van der Waals surface area contributed by atoms with Gasteiger partial charge in [-0.25, -0.2) is 5.48 Å². The summed E-state index contributed by atoms with van der Waals surface area (Å²) >= 11 is 0. The molecular formula is C20H33N9O9. The number of amides is 6. The fourth-order valence-corrected chi connectivity index (χ4v) is 2.97. The highest BCUT2D eigenvalue weighted by molar-refractivity contribution is 5.96. The molecule has 0 aromatic rings. The first-order chi connectivity index (χ1) is 17.8. The Labute approximate surface area is 217 Å². The van der Waals surface area contributed by atoms with Gasteiger partial charge in [-0.1, -0.05) is 0 Å². The molecule has 1 fully saturated rings. The molecule has 18 nitrogen and oxygen atoms in total. The smallest absolute Gasteiger partial charge is 0.305 e. The lowest BCUT2D eigenvalue weighted by molar-refractivity contribution is -0.143. The normalized spacial score (nSPS) is 24.6. The summed E-state index contributed by atoms with van der Waals surface area (Å²) in [7, 11) is 0. The molecule has 4 atom stereocenters. The number of aliphatic imine (C=N–C) groups is 1. The van der Waals surface area contributed by atoms with E-state index in [0.29, 0.717) is 0 Å². The van der Waals surface area contributed by atoms with Gasteiger partial charge in [0.05, 0.1) is 13.0 Å². The number of carboxylic acid groups (broad SMARTS) is 1. The number of carboxylic acids is 1. The predicted molar refractivity (Wildman–Crippen MR) is 128 cm³/mol. The van der Waals surface area contributed by atoms with E-state index in [0.717, 1.165) is 0 Å². The van der Waals surface area contributed by atoms with Crippen LogP contribution in [-0.2, 0) is 38.4 Å². The third-order valence-electron chi connectivity index (χ3n) is 4.93. The zero-order valence-electron chi connectivity index (χ0n) is 20.9. The van der Waals surface area contributed by atoms with Crippen molar-refractivity contribution >= 4 is 47.4 Å². The van der Waals surface area contributed by atoms with Crippen LogP contribution < -0.4 is 43.5 Å². The summed E-state index contributed by atoms with van der Waals surface area (Å²) in [6.45, 7) is 1.37. The van der Waals surface area contributed by atoms with Gasteiger partial charge in [0.15, 0.2) is 12.6 Å². The van der Waals surface area contributed by atoms with Crippen LogP contribution in [0.15, 0.2) is 4.99 Å². The van der Waals surface area contributed by atoms with E-state index < -0.39 is 85.2 Å². The van der Waals surface area contributed by atoms with Crippen molar-refractivity contribution in [3.8, 4) is 0 Å². The SMILES string of the molecule is C[C@@H]1NC(=O)[C@H](C)NC(=O)[C@H](CC(=O)O)NC(=O)CNC(=O)[C@H](CCCN=C(N)N)NC(=O)CONC1=O. The van der Waals surface area contributed by atoms with Crippen molar-refractivity contribution in [1.82, 2.24) is 32.1 Å². The summed E-state index contributed by atoms with van der Waals surface area (Å²) in [6.07, 6.45) is -0.511. The molecule has 0 aromatic heterocycles. The largest absolute Gasteiger partial charge is 0.481 e. The minimum atomic E-state index is -1.58. The van der Waals surface area contributed by atoms with Crippen molar-refractivity contribution < 1.29 is 43.5 Å². The third kappa shape index (κ3) is 12.0. The Morgan fingerprint density at radius 1 is 0.895 bits per heavy atom. The van der Waals surface area contributed by atoms with E-state index in [1.54, 1.807) is 0 Å². The number of hydrogen-bond acceptors (Lipinski definition) is 9. The van der Waals surface area contributed by atoms with Crippen LogP contribution in [0.1, 0.15) is 33.1 Å². The van der Waals surface area contributed by atoms with Crippen molar-refractivity contribution in [2.24, 2.45) is 16.5 Å². The number of guanidine groups is 1. The Morgan fingerprint density at radius 2 is 1.50 bits per heavy atom. The molecule has 1 saturated heterocycles. The van der Waals surface area contributed by atoms with Gasteiger partial charge in [-0.05, 0) is 26.7 Å². The molecule has 0 aliphatic carbocycles. The van der Waals surface area contributed by atoms with Crippen molar-refractivity contribution in [2.75, 3.05) is 19.7 Å². The van der Waals surface area contributed by atoms with Crippen LogP contribution in [0.3, 0.4) is 0 Å². The van der Waals surface area contributed by atoms with Gasteiger partial charge in [-0.3, -0.25) is 43.4 Å². The number of nitrogens with one attached hydrogen (secondary N) is 6. The molecule has 0 bridgehead atoms. The lowest BCUT2D eigenvalue weighted by Crippen LogP contribution is -2.56. The second kappa shape index (κ2) is 15.6. The molecule has 1 rings (SSSR count). The standard InChI is InChI=1S/C20H33N9O9/c1-9-16(34)25-10(2)17(35)29-38-8-14(31)27-11(4-3-5-23-20(21)22)18(36)24-7-13(30)28-12(6-15(32)33)19(37)26-9/h9-12H,3-8H2,1-2H3,(H,24,36)(H,25,34)(H,26,37)(H,27,31)(H,28,30)(H,29,35)(H,32,33)(H4,21,22,23)/t9-,10-,11-,12-/m0/s1. The van der Waals surface area contributed by atoms with E-state index in [2.05, 4.69) is 31.6 Å². The van der Waals surface area contributed by atoms with Crippen LogP contribution in [0, 0.1) is 0 Å². The van der Waals surface area contributed by atoms with Gasteiger partial charge in [0.1, 0.15) is 24.2 Å². The molecule has 18 heteroatoms. The molecule has 0 spiro atoms. The number of carbonyl (C=O) groups is 7. The van der Waals surface area contributed by atoms with E-state index in [1.807, 2.05) is 5.48 Å². The lowest BCUT2D eigenvalue weighted by atomic mass is 10.1. The second-order valence-corrected chi connectivity index (χ2v) is 8.22. The van der Waals surface area contributed by atoms with Gasteiger partial charge >= 0.3 is 5.97 Å². The topological polar surface area (TPSA) is 286 Å². The minimum absolute atomic E-state index is 0.0489. The average Bonchev–Trinajstić information content (AvgIpc) is 2.82. The van der Waals surface area contributed by atoms with Gasteiger partial charge in [0.25, 0.3) is 5.91 Å². The molecule has 38 heavy (non-hydrogen) atoms. The number of hydrogen-bond donors (Lipinski definition) is 9. The van der Waals surface area contributed by atoms with E-state index >= 15 is 0 Å². The molecule has 0 aromatic carbocycles. The molecule has 6 amide bonds. The fraction of sp³-hybridized carbons (Fsp3) is 0.600. The number of nitrogens with two attached hydrogens (primary N) is 2. The van der Waals surface area contributed by atoms with Crippen LogP contribution in [0.5, 0.6) is 0 Å². The maximum atomic E-state index is 12.6. The first-order valence-corrected chi connectivity index (χ1v) is 11.5. The maximum Gasteiger partial charge on any atom is 0.305 e. The van der Waals surface area contributed by atoms with Crippen LogP contribution in [-0.4, -0.2) is 96.3 Å². The highest BCUT2D eigenvalue weighted by Gasteiger charge is 2.29. The van der Waals surface area contributed by atoms with Gasteiger partial charge in [0, 0.05) is 6.54 Å². The molecule has 1 aliphatic heterocycles. The average molecular weight is 544 g/mol. The van der Waals surface area contributed by atoms with Crippen LogP contribution in [0.2, 0.25) is 0 Å². The number of nitrogens with zero attached hydrogens (tertiary/aromatic N) is 1. The number of carbonyl (C=O) groups excluding carboxylic acids is 6. The molecule has 1 aliphatic rings. The second-order valence-electron chi connectivity index (χ2n) is 8.22. The van der Waals surface area contributed by atoms with Crippen molar-refractivity contribution in [3.63, 3.8) is 0 Å². The quantitative estimate of drug-likeness (QED) is 0.0865. The van der Waals surface area contributed by atoms with Gasteiger partial charge < -0.3 is 43.2 Å². The monoisotopic (exact) mass is 543 g/mol. The number of rotatable bonds is 6. The highest BCUT2D eigenvalue weighted by Crippen LogP contribution is 2.00. The molecule has 11 N–H and O–H groups in total. The van der Waals surface area contributed by atoms with Crippen LogP contribution in [0.25, 0.3) is 0 Å². The Balaban J connectivity index is 3.09. The predicted octanol–water partition coefficient (Wildman–Crippen LogP) is -5.33. The molecule has 0 saturated carbocycles. The van der Waals surface area contributed by atoms with Crippen LogP contribution in [0.4, 0.5) is 0 Å². The van der Waals surface area contributed by atoms with Crippen LogP contribution >= 0.6 is 0 Å². The van der Waals surface area contributed by atoms with Crippen molar-refractivity contribution in [1.29, 1.82) is 0 Å². The summed E-state index contributed by atoms with van der Waals surface area (Å²) in [5, 5.41) is 20.5. The van der Waals surface area contributed by atoms with Gasteiger partial charge in [-0.15, -0.1) is 0 Å². The Morgan fingerprint density at radius 3 is 2.13 bits per heavy atom. The summed E-state index contributed by atoms with van der Waals surface area (Å²) in [4.78, 5) is 94.1. The molecule has 0 unspecified atom stereocenters. The first kappa shape index (κ1) is 31.5. The zero-order valence-corrected chi connectivity index (χ0v) is 20.9. The molecule has 0 radical (unpaired) electrons. The van der Waals surface area contributed by atoms with Crippen molar-refractivity contribution in [3.05, 3.63) is 0 Å². The summed E-state index contributed by atoms with van der Waals surface area (Å²) in [5.41, 5.74) is 12.5. The molecule has 1 heterocycles. The zero-order chi connectivity index (χ0) is 28.8. The Hall–Kier alpha value is -4.48. The van der Waals surface area contributed by atoms with Crippen molar-refractivity contribution in [2.45, 2.75) is 57.3 Å². The van der Waals surface area contributed by atoms with E-state index in [9.17, 15) is 33.6 Å². The fourth-order valence-electron chi connectivity index (χ4n) is 2.97. The summed E-state index contributed by atoms with van der Waals surface area (Å²) in [5.74, 6) is -6.69. The highest BCUT2D eigenvalue weighted by atomic mass is 16.7. The Kier molecular flexibility index (Phi) is 12.9.